The Bertz CT molecular complexity index is 757. The molecule has 0 aliphatic carbocycles. The zero-order valence-electron chi connectivity index (χ0n) is 15.8. The van der Waals surface area contributed by atoms with E-state index in [4.69, 9.17) is 5.73 Å². The van der Waals surface area contributed by atoms with Gasteiger partial charge in [0.05, 0.1) is 11.3 Å². The summed E-state index contributed by atoms with van der Waals surface area (Å²) in [6, 6.07) is 8.20. The summed E-state index contributed by atoms with van der Waals surface area (Å²) in [6.45, 7) is 1.59. The lowest BCUT2D eigenvalue weighted by molar-refractivity contribution is -0.126. The number of nitrogens with zero attached hydrogens (tertiary/aromatic N) is 1. The summed E-state index contributed by atoms with van der Waals surface area (Å²) >= 11 is 0. The van der Waals surface area contributed by atoms with E-state index in [1.165, 1.54) is 0 Å². The van der Waals surface area contributed by atoms with Crippen LogP contribution in [0.1, 0.15) is 12.8 Å². The molecule has 2 rings (SSSR count). The largest absolute Gasteiger partial charge is 0.431 e. The van der Waals surface area contributed by atoms with E-state index in [2.05, 4.69) is 20.9 Å². The maximum atomic E-state index is 13.0. The Labute approximate surface area is 166 Å². The first-order valence-electron chi connectivity index (χ1n) is 9.21. The van der Waals surface area contributed by atoms with Crippen LogP contribution in [0.5, 0.6) is 0 Å². The second-order valence-electron chi connectivity index (χ2n) is 6.49. The molecule has 1 aromatic rings. The van der Waals surface area contributed by atoms with Crippen LogP contribution >= 0.6 is 0 Å². The highest BCUT2D eigenvalue weighted by Crippen LogP contribution is 2.24. The molecule has 0 saturated carbocycles. The molecule has 1 aromatic carbocycles. The summed E-state index contributed by atoms with van der Waals surface area (Å²) in [7, 11) is 0. The molecule has 10 heteroatoms. The van der Waals surface area contributed by atoms with Crippen molar-refractivity contribution >= 4 is 23.7 Å². The van der Waals surface area contributed by atoms with E-state index < -0.39 is 23.4 Å². The third kappa shape index (κ3) is 7.22. The number of nitrogens with one attached hydrogen (secondary N) is 3. The van der Waals surface area contributed by atoms with Crippen LogP contribution in [0.2, 0.25) is 0 Å². The van der Waals surface area contributed by atoms with Crippen molar-refractivity contribution in [3.63, 3.8) is 0 Å². The minimum atomic E-state index is -4.88. The van der Waals surface area contributed by atoms with Crippen molar-refractivity contribution in [2.24, 2.45) is 16.6 Å². The molecule has 0 spiro atoms. The average Bonchev–Trinajstić information content (AvgIpc) is 2.71. The molecule has 1 aliphatic heterocycles. The zero-order chi connectivity index (χ0) is 21.3. The lowest BCUT2D eigenvalue weighted by atomic mass is 9.97. The topological polar surface area (TPSA) is 109 Å². The van der Waals surface area contributed by atoms with Crippen LogP contribution in [0.15, 0.2) is 46.6 Å². The Morgan fingerprint density at radius 1 is 1.14 bits per heavy atom. The van der Waals surface area contributed by atoms with Crippen molar-refractivity contribution in [1.29, 1.82) is 0 Å². The van der Waals surface area contributed by atoms with Crippen molar-refractivity contribution < 1.29 is 22.8 Å². The number of para-hydroxylation sites is 1. The third-order valence-corrected chi connectivity index (χ3v) is 4.36. The number of nitrogens with two attached hydrogens (primary N) is 1. The minimum absolute atomic E-state index is 0.0383. The Morgan fingerprint density at radius 3 is 2.38 bits per heavy atom. The van der Waals surface area contributed by atoms with Crippen LogP contribution < -0.4 is 21.7 Å². The number of hydrogen-bond donors (Lipinski definition) is 4. The van der Waals surface area contributed by atoms with E-state index in [-0.39, 0.29) is 24.9 Å². The van der Waals surface area contributed by atoms with Gasteiger partial charge in [0.2, 0.25) is 5.91 Å². The van der Waals surface area contributed by atoms with Crippen molar-refractivity contribution in [1.82, 2.24) is 16.0 Å². The molecule has 1 fully saturated rings. The molecule has 1 saturated heterocycles. The number of carbonyl (C=O) groups excluding carboxylic acids is 2. The smallest absolute Gasteiger partial charge is 0.394 e. The van der Waals surface area contributed by atoms with Gasteiger partial charge in [-0.25, -0.2) is 0 Å². The highest BCUT2D eigenvalue weighted by atomic mass is 19.4. The molecule has 0 bridgehead atoms. The van der Waals surface area contributed by atoms with E-state index in [1.54, 1.807) is 30.3 Å². The van der Waals surface area contributed by atoms with Gasteiger partial charge in [-0.15, -0.1) is 0 Å². The maximum absolute atomic E-state index is 13.0. The summed E-state index contributed by atoms with van der Waals surface area (Å²) in [5, 5.41) is 8.17. The number of alkyl halides is 3. The maximum Gasteiger partial charge on any atom is 0.431 e. The number of allylic oxidation sites excluding steroid dienone is 1. The number of hydrogen-bond acceptors (Lipinski definition) is 5. The standard InChI is InChI=1S/C19H24F3N5O2/c20-19(21,22)16(23)15(12-27-14-4-2-1-3-5-14)18(29)26-11-10-25-17(28)13-6-8-24-9-7-13/h1-5,12-13,24H,6-11,23H2,(H,25,28)(H,26,29). The minimum Gasteiger partial charge on any atom is -0.394 e. The van der Waals surface area contributed by atoms with E-state index in [0.717, 1.165) is 32.1 Å². The summed E-state index contributed by atoms with van der Waals surface area (Å²) < 4.78 is 39.0. The molecule has 1 heterocycles. The van der Waals surface area contributed by atoms with Crippen molar-refractivity contribution in [2.45, 2.75) is 19.0 Å². The normalized spacial score (nSPS) is 16.4. The van der Waals surface area contributed by atoms with E-state index >= 15 is 0 Å². The second-order valence-corrected chi connectivity index (χ2v) is 6.49. The number of halogens is 3. The molecule has 1 aliphatic rings. The summed E-state index contributed by atoms with van der Waals surface area (Å²) in [6.07, 6.45) is -2.63. The van der Waals surface area contributed by atoms with Crippen LogP contribution in [0.4, 0.5) is 18.9 Å². The highest BCUT2D eigenvalue weighted by Gasteiger charge is 2.35. The summed E-state index contributed by atoms with van der Waals surface area (Å²) in [5.41, 5.74) is 3.19. The zero-order valence-corrected chi connectivity index (χ0v) is 15.8. The molecule has 5 N–H and O–H groups in total. The van der Waals surface area contributed by atoms with Gasteiger partial charge in [0.1, 0.15) is 5.70 Å². The van der Waals surface area contributed by atoms with Gasteiger partial charge in [0.15, 0.2) is 0 Å². The van der Waals surface area contributed by atoms with Crippen LogP contribution in [0.25, 0.3) is 0 Å². The first kappa shape index (κ1) is 22.4. The van der Waals surface area contributed by atoms with Crippen LogP contribution in [-0.4, -0.2) is 50.4 Å². The summed E-state index contributed by atoms with van der Waals surface area (Å²) in [5.74, 6) is -1.24. The predicted molar refractivity (Wildman–Crippen MR) is 103 cm³/mol. The number of amides is 2. The molecule has 2 amide bonds. The van der Waals surface area contributed by atoms with Crippen molar-refractivity contribution in [3.05, 3.63) is 41.6 Å². The Hall–Kier alpha value is -2.88. The van der Waals surface area contributed by atoms with Crippen molar-refractivity contribution in [3.8, 4) is 0 Å². The quantitative estimate of drug-likeness (QED) is 0.309. The van der Waals surface area contributed by atoms with Crippen LogP contribution in [-0.2, 0) is 9.59 Å². The molecule has 0 unspecified atom stereocenters. The molecule has 7 nitrogen and oxygen atoms in total. The molecule has 0 aromatic heterocycles. The molecular weight excluding hydrogens is 387 g/mol. The second kappa shape index (κ2) is 10.6. The fourth-order valence-corrected chi connectivity index (χ4v) is 2.74. The Morgan fingerprint density at radius 2 is 1.76 bits per heavy atom. The van der Waals surface area contributed by atoms with Gasteiger partial charge >= 0.3 is 6.18 Å². The monoisotopic (exact) mass is 411 g/mol. The van der Waals surface area contributed by atoms with Gasteiger partial charge in [-0.1, -0.05) is 18.2 Å². The lowest BCUT2D eigenvalue weighted by Gasteiger charge is -2.21. The van der Waals surface area contributed by atoms with Crippen LogP contribution in [0, 0.1) is 5.92 Å². The first-order chi connectivity index (χ1) is 13.8. The Balaban J connectivity index is 1.95. The average molecular weight is 411 g/mol. The van der Waals surface area contributed by atoms with Gasteiger partial charge in [0, 0.05) is 25.2 Å². The summed E-state index contributed by atoms with van der Waals surface area (Å²) in [4.78, 5) is 28.1. The van der Waals surface area contributed by atoms with Crippen molar-refractivity contribution in [2.75, 3.05) is 26.2 Å². The van der Waals surface area contributed by atoms with Gasteiger partial charge in [-0.05, 0) is 38.1 Å². The van der Waals surface area contributed by atoms with Gasteiger partial charge < -0.3 is 21.7 Å². The first-order valence-corrected chi connectivity index (χ1v) is 9.21. The van der Waals surface area contributed by atoms with E-state index in [0.29, 0.717) is 5.69 Å². The fourth-order valence-electron chi connectivity index (χ4n) is 2.74. The predicted octanol–water partition coefficient (Wildman–Crippen LogP) is 1.40. The fraction of sp³-hybridized carbons (Fsp3) is 0.421. The number of aliphatic imine (C=N–C) groups is 1. The van der Waals surface area contributed by atoms with Gasteiger partial charge in [-0.3, -0.25) is 14.6 Å². The highest BCUT2D eigenvalue weighted by molar-refractivity contribution is 6.13. The van der Waals surface area contributed by atoms with E-state index in [1.807, 2.05) is 0 Å². The third-order valence-electron chi connectivity index (χ3n) is 4.36. The molecule has 29 heavy (non-hydrogen) atoms. The molecule has 158 valence electrons. The van der Waals surface area contributed by atoms with E-state index in [9.17, 15) is 22.8 Å². The van der Waals surface area contributed by atoms with Gasteiger partial charge in [0.25, 0.3) is 5.91 Å². The number of carbonyl (C=O) groups is 2. The Kier molecular flexibility index (Phi) is 8.20. The SMILES string of the molecule is NC(=C(C=Nc1ccccc1)C(=O)NCCNC(=O)C1CCNCC1)C(F)(F)F. The number of piperidine rings is 1. The number of benzene rings is 1. The van der Waals surface area contributed by atoms with Crippen LogP contribution in [0.3, 0.4) is 0 Å². The molecule has 0 radical (unpaired) electrons. The lowest BCUT2D eigenvalue weighted by Crippen LogP contribution is -2.41. The molecule has 0 atom stereocenters. The number of rotatable bonds is 7. The molecular formula is C19H24F3N5O2. The van der Waals surface area contributed by atoms with Gasteiger partial charge in [-0.2, -0.15) is 13.2 Å².